The number of pyridine rings is 2. The van der Waals surface area contributed by atoms with E-state index >= 15 is 8.78 Å². The van der Waals surface area contributed by atoms with Crippen LogP contribution >= 0.6 is 0 Å². The summed E-state index contributed by atoms with van der Waals surface area (Å²) in [5.74, 6) is -3.61. The van der Waals surface area contributed by atoms with Gasteiger partial charge in [0.2, 0.25) is 0 Å². The van der Waals surface area contributed by atoms with Crippen LogP contribution in [0, 0.1) is 0 Å². The maximum absolute atomic E-state index is 15.6. The zero-order valence-corrected chi connectivity index (χ0v) is 19.6. The van der Waals surface area contributed by atoms with E-state index in [1.165, 1.54) is 43.1 Å². The number of carbonyl (C=O) groups is 1. The van der Waals surface area contributed by atoms with Gasteiger partial charge in [-0.15, -0.1) is 0 Å². The van der Waals surface area contributed by atoms with Gasteiger partial charge in [-0.2, -0.15) is 8.78 Å². The number of methoxy groups -OCH3 is 1. The lowest BCUT2D eigenvalue weighted by atomic mass is 9.97. The van der Waals surface area contributed by atoms with Crippen molar-refractivity contribution in [3.63, 3.8) is 0 Å². The Kier molecular flexibility index (Phi) is 5.80. The molecule has 34 heavy (non-hydrogen) atoms. The molecule has 4 aromatic rings. The number of carbonyl (C=O) groups excluding carboxylic acids is 1. The first kappa shape index (κ1) is 23.3. The Morgan fingerprint density at radius 2 is 1.91 bits per heavy atom. The largest absolute Gasteiger partial charge is 0.496 e. The molecule has 0 aliphatic rings. The van der Waals surface area contributed by atoms with E-state index in [2.05, 4.69) is 15.0 Å². The summed E-state index contributed by atoms with van der Waals surface area (Å²) >= 11 is 0. The smallest absolute Gasteiger partial charge is 0.331 e. The maximum atomic E-state index is 15.6. The summed E-state index contributed by atoms with van der Waals surface area (Å²) in [4.78, 5) is 24.9. The second kappa shape index (κ2) is 8.48. The molecule has 0 atom stereocenters. The third-order valence-corrected chi connectivity index (χ3v) is 5.67. The molecule has 1 aromatic carbocycles. The molecule has 0 radical (unpaired) electrons. The molecule has 0 spiro atoms. The van der Waals surface area contributed by atoms with Crippen molar-refractivity contribution in [1.29, 1.82) is 0 Å². The Morgan fingerprint density at radius 1 is 1.18 bits per heavy atom. The van der Waals surface area contributed by atoms with Crippen molar-refractivity contribution >= 4 is 33.3 Å². The van der Waals surface area contributed by atoms with E-state index in [0.29, 0.717) is 44.5 Å². The van der Waals surface area contributed by atoms with Gasteiger partial charge >= 0.3 is 5.92 Å². The minimum atomic E-state index is -3.38. The second-order valence-electron chi connectivity index (χ2n) is 8.39. The fourth-order valence-corrected chi connectivity index (χ4v) is 4.25. The Hall–Kier alpha value is -3.88. The topological polar surface area (TPSA) is 95.9 Å². The molecule has 0 saturated carbocycles. The van der Waals surface area contributed by atoms with E-state index in [4.69, 9.17) is 10.5 Å². The summed E-state index contributed by atoms with van der Waals surface area (Å²) in [6, 6.07) is 5.84. The van der Waals surface area contributed by atoms with Gasteiger partial charge in [0.05, 0.1) is 24.3 Å². The zero-order valence-electron chi connectivity index (χ0n) is 19.6. The molecule has 0 aliphatic carbocycles. The highest BCUT2D eigenvalue weighted by Gasteiger charge is 2.41. The third-order valence-electron chi connectivity index (χ3n) is 5.67. The molecule has 0 aliphatic heterocycles. The van der Waals surface area contributed by atoms with Crippen LogP contribution in [-0.4, -0.2) is 32.4 Å². The molecule has 2 N–H and O–H groups in total. The Balaban J connectivity index is 2.08. The number of nitrogens with two attached hydrogens (primary N) is 1. The molecule has 0 bridgehead atoms. The highest BCUT2D eigenvalue weighted by Crippen LogP contribution is 2.41. The molecular weight excluding hydrogens is 440 g/mol. The summed E-state index contributed by atoms with van der Waals surface area (Å²) in [7, 11) is 1.48. The van der Waals surface area contributed by atoms with Gasteiger partial charge in [-0.25, -0.2) is 4.98 Å². The number of hydrogen-bond donors (Lipinski definition) is 1. The minimum Gasteiger partial charge on any atom is -0.496 e. The lowest BCUT2D eigenvalue weighted by molar-refractivity contribution is -0.111. The van der Waals surface area contributed by atoms with Crippen LogP contribution in [0.3, 0.4) is 0 Å². The molecule has 3 aromatic heterocycles. The molecule has 0 unspecified atom stereocenters. The number of alkyl halides is 2. The molecular formula is C25H25F2N5O2. The van der Waals surface area contributed by atoms with Crippen LogP contribution in [0.2, 0.25) is 0 Å². The van der Waals surface area contributed by atoms with Crippen LogP contribution in [0.15, 0.2) is 48.6 Å². The van der Waals surface area contributed by atoms with Gasteiger partial charge in [0.15, 0.2) is 11.6 Å². The van der Waals surface area contributed by atoms with Crippen molar-refractivity contribution in [2.75, 3.05) is 7.11 Å². The second-order valence-corrected chi connectivity index (χ2v) is 8.39. The summed E-state index contributed by atoms with van der Waals surface area (Å²) in [6.07, 6.45) is 4.04. The molecule has 0 saturated heterocycles. The quantitative estimate of drug-likeness (QED) is 0.403. The standard InChI is InChI=1S/C25H25F2N5O2/c1-13(2)32-23-17-10-21(34-5)18(22(14(3)28)15(4)33)9-19(17)30-12-20(23)31-24(32)25(26,27)16-7-6-8-29-11-16/h6-13H,28H2,1-5H3. The average molecular weight is 466 g/mol. The molecule has 9 heteroatoms. The van der Waals surface area contributed by atoms with Crippen molar-refractivity contribution in [2.24, 2.45) is 5.73 Å². The first-order chi connectivity index (χ1) is 16.1. The van der Waals surface area contributed by atoms with E-state index in [9.17, 15) is 4.79 Å². The number of nitrogens with zero attached hydrogens (tertiary/aromatic N) is 4. The van der Waals surface area contributed by atoms with Crippen molar-refractivity contribution in [1.82, 2.24) is 19.5 Å². The summed E-state index contributed by atoms with van der Waals surface area (Å²) < 4.78 is 38.3. The first-order valence-electron chi connectivity index (χ1n) is 10.7. The van der Waals surface area contributed by atoms with Gasteiger partial charge in [-0.05, 0) is 52.0 Å². The number of benzene rings is 1. The van der Waals surface area contributed by atoms with E-state index in [0.717, 1.165) is 6.20 Å². The number of allylic oxidation sites excluding steroid dienone is 2. The van der Waals surface area contributed by atoms with Crippen molar-refractivity contribution < 1.29 is 18.3 Å². The van der Waals surface area contributed by atoms with Crippen LogP contribution in [0.5, 0.6) is 5.75 Å². The van der Waals surface area contributed by atoms with Crippen LogP contribution in [0.4, 0.5) is 8.78 Å². The number of aromatic nitrogens is 4. The van der Waals surface area contributed by atoms with Gasteiger partial charge in [-0.3, -0.25) is 14.8 Å². The monoisotopic (exact) mass is 465 g/mol. The number of rotatable bonds is 6. The SMILES string of the molecule is COc1cc2c(cc1C(C(C)=O)=C(C)N)ncc1nc(C(F)(F)c3cccnc3)n(C(C)C)c12. The number of imidazole rings is 1. The van der Waals surface area contributed by atoms with Gasteiger partial charge in [0, 0.05) is 46.2 Å². The maximum Gasteiger partial charge on any atom is 0.331 e. The van der Waals surface area contributed by atoms with Gasteiger partial charge in [0.1, 0.15) is 11.3 Å². The minimum absolute atomic E-state index is 0.218. The van der Waals surface area contributed by atoms with E-state index in [-0.39, 0.29) is 17.4 Å². The predicted molar refractivity (Wildman–Crippen MR) is 127 cm³/mol. The van der Waals surface area contributed by atoms with E-state index in [1.807, 2.05) is 13.8 Å². The van der Waals surface area contributed by atoms with Crippen molar-refractivity contribution in [3.8, 4) is 5.75 Å². The zero-order chi connectivity index (χ0) is 24.8. The van der Waals surface area contributed by atoms with Crippen molar-refractivity contribution in [3.05, 3.63) is 65.5 Å². The number of Topliss-reactive ketones (excluding diaryl/α,β-unsaturated/α-hetero) is 1. The van der Waals surface area contributed by atoms with Crippen molar-refractivity contribution in [2.45, 2.75) is 39.7 Å². The Labute approximate surface area is 195 Å². The number of fused-ring (bicyclic) bond motifs is 3. The highest BCUT2D eigenvalue weighted by molar-refractivity contribution is 6.22. The molecule has 7 nitrogen and oxygen atoms in total. The number of halogens is 2. The van der Waals surface area contributed by atoms with Crippen LogP contribution in [0.25, 0.3) is 27.5 Å². The average Bonchev–Trinajstić information content (AvgIpc) is 3.20. The summed E-state index contributed by atoms with van der Waals surface area (Å²) in [5.41, 5.74) is 8.21. The normalized spacial score (nSPS) is 12.9. The third kappa shape index (κ3) is 3.67. The number of ketones is 1. The van der Waals surface area contributed by atoms with Gasteiger partial charge in [0.25, 0.3) is 0 Å². The Bertz CT molecular complexity index is 1440. The fraction of sp³-hybridized carbons (Fsp3) is 0.280. The molecule has 4 rings (SSSR count). The van der Waals surface area contributed by atoms with E-state index in [1.54, 1.807) is 19.1 Å². The lowest BCUT2D eigenvalue weighted by Crippen LogP contribution is -2.22. The summed E-state index contributed by atoms with van der Waals surface area (Å²) in [6.45, 7) is 6.69. The fourth-order valence-electron chi connectivity index (χ4n) is 4.25. The highest BCUT2D eigenvalue weighted by atomic mass is 19.3. The van der Waals surface area contributed by atoms with Gasteiger partial charge < -0.3 is 15.0 Å². The van der Waals surface area contributed by atoms with E-state index < -0.39 is 11.7 Å². The number of ether oxygens (including phenoxy) is 1. The molecule has 3 heterocycles. The van der Waals surface area contributed by atoms with Gasteiger partial charge in [-0.1, -0.05) is 0 Å². The molecule has 0 amide bonds. The number of hydrogen-bond acceptors (Lipinski definition) is 6. The molecule has 0 fully saturated rings. The molecule has 176 valence electrons. The van der Waals surface area contributed by atoms with Crippen LogP contribution < -0.4 is 10.5 Å². The van der Waals surface area contributed by atoms with Crippen LogP contribution in [-0.2, 0) is 10.7 Å². The first-order valence-corrected chi connectivity index (χ1v) is 10.7. The van der Waals surface area contributed by atoms with Crippen LogP contribution in [0.1, 0.15) is 50.7 Å². The Morgan fingerprint density at radius 3 is 2.47 bits per heavy atom. The lowest BCUT2D eigenvalue weighted by Gasteiger charge is -2.21. The predicted octanol–water partition coefficient (Wildman–Crippen LogP) is 4.99. The summed E-state index contributed by atoms with van der Waals surface area (Å²) in [5, 5.41) is 0.574.